The number of nitrogens with one attached hydrogen (secondary N) is 1. The fourth-order valence-corrected chi connectivity index (χ4v) is 4.98. The highest BCUT2D eigenvalue weighted by atomic mass is 35.5. The molecule has 0 heterocycles. The van der Waals surface area contributed by atoms with Gasteiger partial charge in [-0.15, -0.1) is 0 Å². The number of carbonyl (C=O) groups excluding carboxylic acids is 2. The minimum Gasteiger partial charge on any atom is -0.350 e. The Morgan fingerprint density at radius 2 is 1.42 bits per heavy atom. The van der Waals surface area contributed by atoms with Crippen molar-refractivity contribution in [1.82, 2.24) is 10.2 Å². The van der Waals surface area contributed by atoms with Gasteiger partial charge in [-0.3, -0.25) is 13.9 Å². The Labute approximate surface area is 230 Å². The summed E-state index contributed by atoms with van der Waals surface area (Å²) in [7, 11) is -3.79. The van der Waals surface area contributed by atoms with Gasteiger partial charge in [-0.25, -0.2) is 8.42 Å². The maximum absolute atomic E-state index is 14.0. The molecule has 0 aliphatic carbocycles. The molecular formula is C29H34ClN3O4S. The van der Waals surface area contributed by atoms with Crippen LogP contribution in [0.5, 0.6) is 0 Å². The van der Waals surface area contributed by atoms with E-state index in [1.165, 1.54) is 4.90 Å². The standard InChI is InChI=1S/C29H34ClN3O4S/c1-29(2,3)31-28(35)26(19-22-11-7-5-8-12-22)32(20-23-15-17-24(30)18-16-23)27(34)21-33(38(4,36)37)25-13-9-6-10-14-25/h5-18,26H,19-21H2,1-4H3,(H,31,35)/t26-/m0/s1. The second-order valence-electron chi connectivity index (χ2n) is 10.2. The number of hydrogen-bond donors (Lipinski definition) is 1. The second kappa shape index (κ2) is 12.5. The van der Waals surface area contributed by atoms with E-state index in [2.05, 4.69) is 5.32 Å². The van der Waals surface area contributed by atoms with Crippen molar-refractivity contribution < 1.29 is 18.0 Å². The first kappa shape index (κ1) is 29.2. The molecule has 1 atom stereocenters. The van der Waals surface area contributed by atoms with Gasteiger partial charge in [0.15, 0.2) is 0 Å². The lowest BCUT2D eigenvalue weighted by Crippen LogP contribution is -2.56. The molecule has 0 spiro atoms. The summed E-state index contributed by atoms with van der Waals surface area (Å²) >= 11 is 6.07. The van der Waals surface area contributed by atoms with Crippen molar-refractivity contribution in [2.45, 2.75) is 45.3 Å². The molecule has 0 unspecified atom stereocenters. The summed E-state index contributed by atoms with van der Waals surface area (Å²) in [4.78, 5) is 29.1. The smallest absolute Gasteiger partial charge is 0.244 e. The SMILES string of the molecule is CC(C)(C)NC(=O)[C@H](Cc1ccccc1)N(Cc1ccc(Cl)cc1)C(=O)CN(c1ccccc1)S(C)(=O)=O. The molecule has 0 aliphatic rings. The maximum atomic E-state index is 14.0. The zero-order valence-electron chi connectivity index (χ0n) is 22.1. The van der Waals surface area contributed by atoms with Crippen molar-refractivity contribution in [2.24, 2.45) is 0 Å². The van der Waals surface area contributed by atoms with Crippen LogP contribution in [-0.2, 0) is 32.6 Å². The highest BCUT2D eigenvalue weighted by molar-refractivity contribution is 7.92. The van der Waals surface area contributed by atoms with Gasteiger partial charge in [0.05, 0.1) is 11.9 Å². The number of anilines is 1. The molecule has 3 aromatic carbocycles. The van der Waals surface area contributed by atoms with Crippen molar-refractivity contribution in [2.75, 3.05) is 17.1 Å². The molecule has 0 fully saturated rings. The van der Waals surface area contributed by atoms with Crippen LogP contribution in [0.1, 0.15) is 31.9 Å². The second-order valence-corrected chi connectivity index (χ2v) is 12.5. The summed E-state index contributed by atoms with van der Waals surface area (Å²) in [6.07, 6.45) is 1.32. The molecule has 1 N–H and O–H groups in total. The highest BCUT2D eigenvalue weighted by Gasteiger charge is 2.34. The number of sulfonamides is 1. The van der Waals surface area contributed by atoms with Crippen LogP contribution in [0.4, 0.5) is 5.69 Å². The fourth-order valence-electron chi connectivity index (χ4n) is 4.00. The van der Waals surface area contributed by atoms with Crippen molar-refractivity contribution in [3.05, 3.63) is 101 Å². The minimum absolute atomic E-state index is 0.0947. The Morgan fingerprint density at radius 3 is 1.95 bits per heavy atom. The average molecular weight is 556 g/mol. The molecule has 0 radical (unpaired) electrons. The van der Waals surface area contributed by atoms with E-state index in [1.807, 2.05) is 51.1 Å². The minimum atomic E-state index is -3.79. The third-order valence-electron chi connectivity index (χ3n) is 5.76. The predicted molar refractivity (Wildman–Crippen MR) is 152 cm³/mol. The van der Waals surface area contributed by atoms with Crippen molar-refractivity contribution in [1.29, 1.82) is 0 Å². The monoisotopic (exact) mass is 555 g/mol. The molecule has 0 bridgehead atoms. The van der Waals surface area contributed by atoms with E-state index in [0.717, 1.165) is 21.7 Å². The summed E-state index contributed by atoms with van der Waals surface area (Å²) in [6, 6.07) is 24.0. The topological polar surface area (TPSA) is 86.8 Å². The Balaban J connectivity index is 2.05. The molecule has 38 heavy (non-hydrogen) atoms. The van der Waals surface area contributed by atoms with E-state index in [9.17, 15) is 18.0 Å². The number of halogens is 1. The quantitative estimate of drug-likeness (QED) is 0.394. The van der Waals surface area contributed by atoms with Crippen LogP contribution in [0.15, 0.2) is 84.9 Å². The average Bonchev–Trinajstić information content (AvgIpc) is 2.85. The zero-order valence-corrected chi connectivity index (χ0v) is 23.7. The van der Waals surface area contributed by atoms with E-state index in [0.29, 0.717) is 10.7 Å². The van der Waals surface area contributed by atoms with Crippen LogP contribution in [0.2, 0.25) is 5.02 Å². The maximum Gasteiger partial charge on any atom is 0.244 e. The molecule has 202 valence electrons. The number of carbonyl (C=O) groups is 2. The van der Waals surface area contributed by atoms with Gasteiger partial charge in [0.2, 0.25) is 21.8 Å². The molecule has 0 aromatic heterocycles. The van der Waals surface area contributed by atoms with Crippen LogP contribution >= 0.6 is 11.6 Å². The number of para-hydroxylation sites is 1. The molecule has 0 saturated heterocycles. The van der Waals surface area contributed by atoms with E-state index >= 15 is 0 Å². The van der Waals surface area contributed by atoms with Gasteiger partial charge in [-0.1, -0.05) is 72.3 Å². The lowest BCUT2D eigenvalue weighted by Gasteiger charge is -2.35. The Kier molecular flexibility index (Phi) is 9.57. The first-order valence-corrected chi connectivity index (χ1v) is 14.5. The van der Waals surface area contributed by atoms with Gasteiger partial charge in [-0.2, -0.15) is 0 Å². The third kappa shape index (κ3) is 8.60. The van der Waals surface area contributed by atoms with Crippen molar-refractivity contribution in [3.8, 4) is 0 Å². The lowest BCUT2D eigenvalue weighted by atomic mass is 10.0. The number of nitrogens with zero attached hydrogens (tertiary/aromatic N) is 2. The van der Waals surface area contributed by atoms with Gasteiger partial charge in [0.1, 0.15) is 12.6 Å². The van der Waals surface area contributed by atoms with Crippen molar-refractivity contribution in [3.63, 3.8) is 0 Å². The molecule has 3 rings (SSSR count). The van der Waals surface area contributed by atoms with Gasteiger partial charge in [0, 0.05) is 23.5 Å². The van der Waals surface area contributed by atoms with Gasteiger partial charge < -0.3 is 10.2 Å². The Morgan fingerprint density at radius 1 is 0.868 bits per heavy atom. The molecule has 0 saturated carbocycles. The van der Waals surface area contributed by atoms with E-state index in [-0.39, 0.29) is 18.9 Å². The largest absolute Gasteiger partial charge is 0.350 e. The normalized spacial score (nSPS) is 12.4. The van der Waals surface area contributed by atoms with Crippen molar-refractivity contribution >= 4 is 39.1 Å². The molecule has 2 amide bonds. The van der Waals surface area contributed by atoms with Crippen LogP contribution in [0.3, 0.4) is 0 Å². The Hall–Kier alpha value is -3.36. The third-order valence-corrected chi connectivity index (χ3v) is 7.15. The van der Waals surface area contributed by atoms with Gasteiger partial charge >= 0.3 is 0 Å². The fraction of sp³-hybridized carbons (Fsp3) is 0.310. The van der Waals surface area contributed by atoms with Crippen LogP contribution < -0.4 is 9.62 Å². The molecule has 9 heteroatoms. The number of hydrogen-bond acceptors (Lipinski definition) is 4. The van der Waals surface area contributed by atoms with Gasteiger partial charge in [-0.05, 0) is 56.2 Å². The Bertz CT molecular complexity index is 1330. The summed E-state index contributed by atoms with van der Waals surface area (Å²) in [5.74, 6) is -0.825. The van der Waals surface area contributed by atoms with Crippen LogP contribution in [0, 0.1) is 0 Å². The number of amides is 2. The lowest BCUT2D eigenvalue weighted by molar-refractivity contribution is -0.140. The summed E-state index contributed by atoms with van der Waals surface area (Å²) < 4.78 is 26.5. The molecule has 3 aromatic rings. The van der Waals surface area contributed by atoms with E-state index in [4.69, 9.17) is 11.6 Å². The van der Waals surface area contributed by atoms with Crippen LogP contribution in [0.25, 0.3) is 0 Å². The van der Waals surface area contributed by atoms with E-state index in [1.54, 1.807) is 54.6 Å². The summed E-state index contributed by atoms with van der Waals surface area (Å²) in [5.41, 5.74) is 1.46. The molecule has 7 nitrogen and oxygen atoms in total. The predicted octanol–water partition coefficient (Wildman–Crippen LogP) is 4.66. The summed E-state index contributed by atoms with van der Waals surface area (Å²) in [5, 5.41) is 3.55. The zero-order chi connectivity index (χ0) is 27.9. The molecular weight excluding hydrogens is 522 g/mol. The highest BCUT2D eigenvalue weighted by Crippen LogP contribution is 2.21. The van der Waals surface area contributed by atoms with Crippen LogP contribution in [-0.4, -0.2) is 49.5 Å². The number of rotatable bonds is 10. The van der Waals surface area contributed by atoms with E-state index < -0.39 is 34.1 Å². The molecule has 0 aliphatic heterocycles. The first-order valence-electron chi connectivity index (χ1n) is 12.3. The number of benzene rings is 3. The van der Waals surface area contributed by atoms with Gasteiger partial charge in [0.25, 0.3) is 0 Å². The summed E-state index contributed by atoms with van der Waals surface area (Å²) in [6.45, 7) is 5.26. The first-order chi connectivity index (χ1) is 17.8.